The molecule has 0 fully saturated rings. The van der Waals surface area contributed by atoms with Gasteiger partial charge in [0.15, 0.2) is 0 Å². The van der Waals surface area contributed by atoms with E-state index in [-0.39, 0.29) is 0 Å². The summed E-state index contributed by atoms with van der Waals surface area (Å²) in [5.74, 6) is 0.703. The van der Waals surface area contributed by atoms with Crippen LogP contribution in [0.5, 0.6) is 0 Å². The van der Waals surface area contributed by atoms with Gasteiger partial charge >= 0.3 is 0 Å². The van der Waals surface area contributed by atoms with Crippen molar-refractivity contribution in [3.63, 3.8) is 0 Å². The monoisotopic (exact) mass is 202 g/mol. The van der Waals surface area contributed by atoms with Gasteiger partial charge in [-0.05, 0) is 12.2 Å². The second-order valence-corrected chi connectivity index (χ2v) is 2.80. The van der Waals surface area contributed by atoms with Crippen LogP contribution in [0, 0.1) is 0 Å². The molecule has 0 atom stereocenters. The fraction of sp³-hybridized carbons (Fsp3) is 0. The van der Waals surface area contributed by atoms with E-state index in [9.17, 15) is 0 Å². The van der Waals surface area contributed by atoms with Crippen molar-refractivity contribution >= 4 is 11.8 Å². The molecule has 15 heavy (non-hydrogen) atoms. The van der Waals surface area contributed by atoms with Crippen LogP contribution in [0.15, 0.2) is 58.5 Å². The van der Waals surface area contributed by atoms with E-state index in [1.807, 2.05) is 24.3 Å². The Morgan fingerprint density at radius 3 is 2.60 bits per heavy atom. The molecule has 1 aromatic heterocycles. The van der Waals surface area contributed by atoms with E-state index in [0.29, 0.717) is 11.8 Å². The zero-order chi connectivity index (χ0) is 10.5. The lowest BCUT2D eigenvalue weighted by Gasteiger charge is -2.11. The van der Waals surface area contributed by atoms with E-state index in [2.05, 4.69) is 10.1 Å². The standard InChI is InChI=1S/C10H10N4O/c11-10(13-9-5-6-12-15-9)14-7-3-1-2-4-8-14/h1-8H,(H2,11,13). The number of allylic oxidation sites excluding steroid dienone is 4. The van der Waals surface area contributed by atoms with Crippen molar-refractivity contribution < 1.29 is 4.52 Å². The lowest BCUT2D eigenvalue weighted by Crippen LogP contribution is -2.28. The van der Waals surface area contributed by atoms with Crippen molar-refractivity contribution in [2.24, 2.45) is 10.7 Å². The molecule has 2 heterocycles. The maximum atomic E-state index is 5.77. The highest BCUT2D eigenvalue weighted by atomic mass is 16.5. The fourth-order valence-electron chi connectivity index (χ4n) is 1.05. The number of aliphatic imine (C=N–C) groups is 1. The maximum Gasteiger partial charge on any atom is 0.253 e. The van der Waals surface area contributed by atoms with Crippen LogP contribution in [0.4, 0.5) is 5.88 Å². The predicted molar refractivity (Wildman–Crippen MR) is 57.0 cm³/mol. The van der Waals surface area contributed by atoms with Gasteiger partial charge < -0.3 is 10.3 Å². The summed E-state index contributed by atoms with van der Waals surface area (Å²) < 4.78 is 4.82. The molecule has 0 spiro atoms. The lowest BCUT2D eigenvalue weighted by atomic mass is 10.5. The highest BCUT2D eigenvalue weighted by Crippen LogP contribution is 2.09. The molecule has 1 aliphatic heterocycles. The van der Waals surface area contributed by atoms with Crippen LogP contribution >= 0.6 is 0 Å². The molecular weight excluding hydrogens is 192 g/mol. The van der Waals surface area contributed by atoms with Crippen LogP contribution < -0.4 is 5.73 Å². The van der Waals surface area contributed by atoms with Crippen LogP contribution in [0.25, 0.3) is 0 Å². The molecule has 0 aliphatic carbocycles. The van der Waals surface area contributed by atoms with Crippen LogP contribution in [-0.2, 0) is 0 Å². The molecule has 2 rings (SSSR count). The zero-order valence-electron chi connectivity index (χ0n) is 7.95. The average Bonchev–Trinajstić information content (AvgIpc) is 2.58. The van der Waals surface area contributed by atoms with E-state index in [0.717, 1.165) is 0 Å². The molecule has 5 heteroatoms. The van der Waals surface area contributed by atoms with Gasteiger partial charge in [0, 0.05) is 18.5 Å². The number of guanidine groups is 1. The average molecular weight is 202 g/mol. The molecular formula is C10H10N4O. The molecule has 0 radical (unpaired) electrons. The van der Waals surface area contributed by atoms with E-state index in [1.54, 1.807) is 23.4 Å². The quantitative estimate of drug-likeness (QED) is 0.553. The van der Waals surface area contributed by atoms with Crippen LogP contribution in [0.3, 0.4) is 0 Å². The number of hydrogen-bond acceptors (Lipinski definition) is 3. The Labute approximate surface area is 86.9 Å². The summed E-state index contributed by atoms with van der Waals surface area (Å²) in [6.45, 7) is 0. The van der Waals surface area contributed by atoms with Gasteiger partial charge in [-0.2, -0.15) is 4.99 Å². The summed E-state index contributed by atoms with van der Waals surface area (Å²) in [5.41, 5.74) is 5.77. The second kappa shape index (κ2) is 4.28. The zero-order valence-corrected chi connectivity index (χ0v) is 7.95. The number of nitrogens with two attached hydrogens (primary N) is 1. The molecule has 0 unspecified atom stereocenters. The normalized spacial score (nSPS) is 15.7. The third-order valence-electron chi connectivity index (χ3n) is 1.74. The Hall–Kier alpha value is -2.30. The van der Waals surface area contributed by atoms with E-state index < -0.39 is 0 Å². The largest absolute Gasteiger partial charge is 0.369 e. The van der Waals surface area contributed by atoms with Gasteiger partial charge in [-0.15, -0.1) is 0 Å². The van der Waals surface area contributed by atoms with Gasteiger partial charge in [-0.25, -0.2) is 0 Å². The van der Waals surface area contributed by atoms with Crippen molar-refractivity contribution in [3.8, 4) is 0 Å². The van der Waals surface area contributed by atoms with Gasteiger partial charge in [0.2, 0.25) is 5.96 Å². The third-order valence-corrected chi connectivity index (χ3v) is 1.74. The number of hydrogen-bond donors (Lipinski definition) is 1. The van der Waals surface area contributed by atoms with Crippen LogP contribution in [0.1, 0.15) is 0 Å². The van der Waals surface area contributed by atoms with Crippen molar-refractivity contribution in [3.05, 3.63) is 49.0 Å². The first-order valence-electron chi connectivity index (χ1n) is 4.41. The minimum Gasteiger partial charge on any atom is -0.369 e. The van der Waals surface area contributed by atoms with Gasteiger partial charge in [0.25, 0.3) is 5.88 Å². The van der Waals surface area contributed by atoms with Gasteiger partial charge in [-0.1, -0.05) is 17.3 Å². The Morgan fingerprint density at radius 2 is 2.00 bits per heavy atom. The lowest BCUT2D eigenvalue weighted by molar-refractivity contribution is 0.429. The third kappa shape index (κ3) is 2.34. The number of rotatable bonds is 1. The summed E-state index contributed by atoms with van der Waals surface area (Å²) in [6.07, 6.45) is 12.6. The van der Waals surface area contributed by atoms with Gasteiger partial charge in [0.05, 0.1) is 6.20 Å². The topological polar surface area (TPSA) is 67.6 Å². The van der Waals surface area contributed by atoms with Gasteiger partial charge in [-0.3, -0.25) is 4.90 Å². The first-order valence-corrected chi connectivity index (χ1v) is 4.41. The van der Waals surface area contributed by atoms with E-state index in [1.165, 1.54) is 6.20 Å². The minimum atomic E-state index is 0.322. The van der Waals surface area contributed by atoms with Crippen molar-refractivity contribution in [1.82, 2.24) is 10.1 Å². The van der Waals surface area contributed by atoms with Crippen LogP contribution in [0.2, 0.25) is 0 Å². The van der Waals surface area contributed by atoms with E-state index in [4.69, 9.17) is 10.3 Å². The Kier molecular flexibility index (Phi) is 2.64. The second-order valence-electron chi connectivity index (χ2n) is 2.80. The highest BCUT2D eigenvalue weighted by Gasteiger charge is 2.02. The molecule has 0 saturated carbocycles. The molecule has 5 nitrogen and oxygen atoms in total. The van der Waals surface area contributed by atoms with Gasteiger partial charge in [0.1, 0.15) is 0 Å². The molecule has 0 aromatic carbocycles. The van der Waals surface area contributed by atoms with Crippen molar-refractivity contribution in [1.29, 1.82) is 0 Å². The molecule has 0 saturated heterocycles. The molecule has 0 bridgehead atoms. The van der Waals surface area contributed by atoms with Crippen molar-refractivity contribution in [2.75, 3.05) is 0 Å². The Bertz CT molecular complexity index is 412. The molecule has 1 aromatic rings. The first-order chi connectivity index (χ1) is 7.36. The Morgan fingerprint density at radius 1 is 1.27 bits per heavy atom. The number of aromatic nitrogens is 1. The minimum absolute atomic E-state index is 0.322. The SMILES string of the molecule is NC(=Nc1ccno1)N1C=CC=CC=C1. The number of nitrogens with zero attached hydrogens (tertiary/aromatic N) is 3. The summed E-state index contributed by atoms with van der Waals surface area (Å²) >= 11 is 0. The first kappa shape index (κ1) is 9.26. The highest BCUT2D eigenvalue weighted by molar-refractivity contribution is 5.82. The summed E-state index contributed by atoms with van der Waals surface area (Å²) in [7, 11) is 0. The summed E-state index contributed by atoms with van der Waals surface area (Å²) in [5, 5.41) is 3.53. The van der Waals surface area contributed by atoms with E-state index >= 15 is 0 Å². The smallest absolute Gasteiger partial charge is 0.253 e. The fourth-order valence-corrected chi connectivity index (χ4v) is 1.05. The van der Waals surface area contributed by atoms with Crippen molar-refractivity contribution in [2.45, 2.75) is 0 Å². The summed E-state index contributed by atoms with van der Waals surface area (Å²) in [6, 6.07) is 1.64. The predicted octanol–water partition coefficient (Wildman–Crippen LogP) is 1.52. The van der Waals surface area contributed by atoms with Crippen LogP contribution in [-0.4, -0.2) is 16.0 Å². The Balaban J connectivity index is 2.17. The molecule has 2 N–H and O–H groups in total. The molecule has 0 amide bonds. The molecule has 76 valence electrons. The maximum absolute atomic E-state index is 5.77. The summed E-state index contributed by atoms with van der Waals surface area (Å²) in [4.78, 5) is 5.73. The molecule has 1 aliphatic rings.